The molecule has 1 amide bonds. The Morgan fingerprint density at radius 2 is 1.77 bits per heavy atom. The van der Waals surface area contributed by atoms with Crippen molar-refractivity contribution in [3.8, 4) is 11.5 Å². The van der Waals surface area contributed by atoms with Crippen LogP contribution in [-0.4, -0.2) is 21.8 Å². The molecule has 7 nitrogen and oxygen atoms in total. The van der Waals surface area contributed by atoms with E-state index in [1.807, 2.05) is 73.7 Å². The highest BCUT2D eigenvalue weighted by atomic mass is 32.1. The molecule has 8 heteroatoms. The first-order valence-electron chi connectivity index (χ1n) is 10.9. The van der Waals surface area contributed by atoms with Crippen LogP contribution in [-0.2, 0) is 16.1 Å². The second-order valence-corrected chi connectivity index (χ2v) is 8.71. The van der Waals surface area contributed by atoms with Gasteiger partial charge in [0.15, 0.2) is 10.9 Å². The van der Waals surface area contributed by atoms with Crippen molar-refractivity contribution in [2.24, 2.45) is 0 Å². The number of benzene rings is 2. The molecule has 174 valence electrons. The molecule has 5 rings (SSSR count). The number of ether oxygens (including phenoxy) is 1. The minimum absolute atomic E-state index is 0.0261. The number of pyridine rings is 1. The van der Waals surface area contributed by atoms with Crippen LogP contribution in [0.4, 0.5) is 10.8 Å². The number of aromatic nitrogens is 2. The number of hydrogen-bond acceptors (Lipinski definition) is 7. The first-order valence-corrected chi connectivity index (χ1v) is 11.8. The maximum Gasteiger partial charge on any atom is 0.339 e. The van der Waals surface area contributed by atoms with Crippen molar-refractivity contribution >= 4 is 44.9 Å². The number of hydrogen-bond donors (Lipinski definition) is 0. The molecule has 2 aromatic carbocycles. The van der Waals surface area contributed by atoms with Crippen LogP contribution in [0.25, 0.3) is 22.4 Å². The molecule has 3 aromatic heterocycles. The zero-order valence-electron chi connectivity index (χ0n) is 19.1. The Kier molecular flexibility index (Phi) is 6.12. The Balaban J connectivity index is 1.39. The van der Waals surface area contributed by atoms with E-state index in [9.17, 15) is 9.59 Å². The molecule has 0 bridgehead atoms. The number of fused-ring (bicyclic) bond motifs is 1. The number of aryl methyl sites for hydroxylation is 1. The highest BCUT2D eigenvalue weighted by Crippen LogP contribution is 2.30. The monoisotopic (exact) mass is 483 g/mol. The Morgan fingerprint density at radius 3 is 2.51 bits per heavy atom. The van der Waals surface area contributed by atoms with Crippen LogP contribution < -0.4 is 4.90 Å². The molecule has 0 aliphatic rings. The number of carbonyl (C=O) groups excluding carboxylic acids is 2. The quantitative estimate of drug-likeness (QED) is 0.263. The molecule has 0 saturated heterocycles. The van der Waals surface area contributed by atoms with E-state index in [0.29, 0.717) is 38.7 Å². The fourth-order valence-electron chi connectivity index (χ4n) is 3.73. The molecule has 0 aliphatic carbocycles. The van der Waals surface area contributed by atoms with Crippen molar-refractivity contribution in [2.75, 3.05) is 4.90 Å². The lowest BCUT2D eigenvalue weighted by Gasteiger charge is -2.17. The summed E-state index contributed by atoms with van der Waals surface area (Å²) in [4.78, 5) is 36.1. The van der Waals surface area contributed by atoms with Crippen molar-refractivity contribution in [2.45, 2.75) is 20.5 Å². The van der Waals surface area contributed by atoms with Gasteiger partial charge in [0.1, 0.15) is 18.1 Å². The summed E-state index contributed by atoms with van der Waals surface area (Å²) in [7, 11) is 0. The third-order valence-electron chi connectivity index (χ3n) is 5.34. The van der Waals surface area contributed by atoms with Gasteiger partial charge in [-0.15, -0.1) is 11.3 Å². The van der Waals surface area contributed by atoms with Crippen LogP contribution >= 0.6 is 11.3 Å². The smallest absolute Gasteiger partial charge is 0.339 e. The molecule has 0 aliphatic heterocycles. The Hall–Kier alpha value is -4.30. The van der Waals surface area contributed by atoms with Gasteiger partial charge < -0.3 is 9.15 Å². The van der Waals surface area contributed by atoms with Crippen LogP contribution in [0.2, 0.25) is 0 Å². The van der Waals surface area contributed by atoms with E-state index in [-0.39, 0.29) is 12.5 Å². The number of para-hydroxylation sites is 2. The minimum Gasteiger partial charge on any atom is -0.460 e. The van der Waals surface area contributed by atoms with E-state index in [1.54, 1.807) is 11.4 Å². The van der Waals surface area contributed by atoms with Gasteiger partial charge in [0.2, 0.25) is 5.91 Å². The van der Waals surface area contributed by atoms with Crippen LogP contribution in [0.3, 0.4) is 0 Å². The lowest BCUT2D eigenvalue weighted by molar-refractivity contribution is -0.115. The van der Waals surface area contributed by atoms with Gasteiger partial charge in [0.05, 0.1) is 22.5 Å². The van der Waals surface area contributed by atoms with Crippen molar-refractivity contribution in [3.63, 3.8) is 0 Å². The highest BCUT2D eigenvalue weighted by molar-refractivity contribution is 7.14. The number of carbonyl (C=O) groups is 2. The SMILES string of the molecule is CC(=O)N(c1ccccc1)c1nc(COC(=O)c2cc(-c3ccc(C)o3)nc3ccccc23)cs1. The van der Waals surface area contributed by atoms with Gasteiger partial charge in [0, 0.05) is 17.7 Å². The number of amides is 1. The van der Waals surface area contributed by atoms with Crippen LogP contribution in [0, 0.1) is 6.92 Å². The van der Waals surface area contributed by atoms with E-state index in [1.165, 1.54) is 23.2 Å². The Labute approximate surface area is 205 Å². The highest BCUT2D eigenvalue weighted by Gasteiger charge is 2.20. The molecule has 35 heavy (non-hydrogen) atoms. The normalized spacial score (nSPS) is 10.9. The molecule has 0 atom stereocenters. The van der Waals surface area contributed by atoms with Crippen LogP contribution in [0.5, 0.6) is 0 Å². The predicted molar refractivity (Wildman–Crippen MR) is 135 cm³/mol. The molecular weight excluding hydrogens is 462 g/mol. The van der Waals surface area contributed by atoms with Crippen LogP contribution in [0.1, 0.15) is 28.7 Å². The fourth-order valence-corrected chi connectivity index (χ4v) is 4.60. The van der Waals surface area contributed by atoms with E-state index in [0.717, 1.165) is 11.4 Å². The van der Waals surface area contributed by atoms with E-state index in [2.05, 4.69) is 9.97 Å². The fraction of sp³-hybridized carbons (Fsp3) is 0.111. The lowest BCUT2D eigenvalue weighted by atomic mass is 10.1. The van der Waals surface area contributed by atoms with Crippen molar-refractivity contribution in [1.82, 2.24) is 9.97 Å². The standard InChI is InChI=1S/C27H21N3O4S/c1-17-12-13-25(34-17)24-14-22(21-10-6-7-11-23(21)29-24)26(32)33-15-19-16-35-27(28-19)30(18(2)31)20-8-4-3-5-9-20/h3-14,16H,15H2,1-2H3. The summed E-state index contributed by atoms with van der Waals surface area (Å²) in [5.74, 6) is 0.692. The van der Waals surface area contributed by atoms with Crippen molar-refractivity contribution in [1.29, 1.82) is 0 Å². The molecule has 0 saturated carbocycles. The molecule has 3 heterocycles. The van der Waals surface area contributed by atoms with E-state index in [4.69, 9.17) is 9.15 Å². The summed E-state index contributed by atoms with van der Waals surface area (Å²) in [5.41, 5.74) is 2.90. The molecular formula is C27H21N3O4S. The minimum atomic E-state index is -0.492. The average molecular weight is 484 g/mol. The molecule has 5 aromatic rings. The second kappa shape index (κ2) is 9.52. The zero-order chi connectivity index (χ0) is 24.4. The van der Waals surface area contributed by atoms with Gasteiger partial charge in [-0.1, -0.05) is 36.4 Å². The van der Waals surface area contributed by atoms with Gasteiger partial charge in [-0.25, -0.2) is 14.8 Å². The summed E-state index contributed by atoms with van der Waals surface area (Å²) < 4.78 is 11.3. The van der Waals surface area contributed by atoms with Gasteiger partial charge >= 0.3 is 5.97 Å². The Bertz CT molecular complexity index is 1520. The third kappa shape index (κ3) is 4.69. The topological polar surface area (TPSA) is 85.5 Å². The summed E-state index contributed by atoms with van der Waals surface area (Å²) in [6.45, 7) is 3.31. The molecule has 0 radical (unpaired) electrons. The second-order valence-electron chi connectivity index (χ2n) is 7.87. The Morgan fingerprint density at radius 1 is 1.00 bits per heavy atom. The lowest BCUT2D eigenvalue weighted by Crippen LogP contribution is -2.22. The largest absolute Gasteiger partial charge is 0.460 e. The van der Waals surface area contributed by atoms with Gasteiger partial charge in [0.25, 0.3) is 0 Å². The predicted octanol–water partition coefficient (Wildman–Crippen LogP) is 6.30. The molecule has 0 N–H and O–H groups in total. The average Bonchev–Trinajstić information content (AvgIpc) is 3.51. The van der Waals surface area contributed by atoms with Crippen LogP contribution in [0.15, 0.2) is 82.6 Å². The maximum absolute atomic E-state index is 13.1. The maximum atomic E-state index is 13.1. The first-order chi connectivity index (χ1) is 17.0. The van der Waals surface area contributed by atoms with Crippen molar-refractivity contribution < 1.29 is 18.7 Å². The van der Waals surface area contributed by atoms with Crippen molar-refractivity contribution in [3.05, 3.63) is 95.2 Å². The number of furan rings is 1. The number of thiazole rings is 1. The zero-order valence-corrected chi connectivity index (χ0v) is 19.9. The summed E-state index contributed by atoms with van der Waals surface area (Å²) >= 11 is 1.31. The van der Waals surface area contributed by atoms with Gasteiger partial charge in [-0.3, -0.25) is 9.69 Å². The number of anilines is 2. The molecule has 0 fully saturated rings. The summed E-state index contributed by atoms with van der Waals surface area (Å²) in [6, 6.07) is 22.0. The third-order valence-corrected chi connectivity index (χ3v) is 6.21. The number of esters is 1. The van der Waals surface area contributed by atoms with Gasteiger partial charge in [-0.05, 0) is 43.3 Å². The first kappa shape index (κ1) is 22.5. The van der Waals surface area contributed by atoms with Gasteiger partial charge in [-0.2, -0.15) is 0 Å². The summed E-state index contributed by atoms with van der Waals surface area (Å²) in [6.07, 6.45) is 0. The molecule has 0 unspecified atom stereocenters. The molecule has 0 spiro atoms. The summed E-state index contributed by atoms with van der Waals surface area (Å²) in [5, 5.41) is 2.98. The number of rotatable bonds is 6. The van der Waals surface area contributed by atoms with E-state index < -0.39 is 5.97 Å². The van der Waals surface area contributed by atoms with E-state index >= 15 is 0 Å². The number of nitrogens with zero attached hydrogens (tertiary/aromatic N) is 3.